The topological polar surface area (TPSA) is 91.2 Å². The van der Waals surface area contributed by atoms with Crippen molar-refractivity contribution in [2.75, 3.05) is 17.7 Å². The summed E-state index contributed by atoms with van der Waals surface area (Å²) in [6.45, 7) is 3.59. The number of benzene rings is 1. The van der Waals surface area contributed by atoms with Crippen LogP contribution in [0, 0.1) is 18.3 Å². The highest BCUT2D eigenvalue weighted by atomic mass is 16.5. The molecule has 0 radical (unpaired) electrons. The van der Waals surface area contributed by atoms with E-state index in [1.54, 1.807) is 31.2 Å². The fourth-order valence-electron chi connectivity index (χ4n) is 1.56. The molecule has 1 aromatic carbocycles. The molecule has 1 rings (SSSR count). The zero-order valence-electron chi connectivity index (χ0n) is 12.2. The number of carbonyl (C=O) groups excluding carboxylic acids is 2. The molecule has 0 saturated carbocycles. The van der Waals surface area contributed by atoms with Gasteiger partial charge in [-0.1, -0.05) is 13.0 Å². The van der Waals surface area contributed by atoms with Crippen LogP contribution >= 0.6 is 0 Å². The van der Waals surface area contributed by atoms with E-state index in [1.807, 2.05) is 6.92 Å². The third-order valence-corrected chi connectivity index (χ3v) is 2.83. The third-order valence-electron chi connectivity index (χ3n) is 2.83. The van der Waals surface area contributed by atoms with Crippen molar-refractivity contribution in [3.05, 3.63) is 35.5 Å². The molecule has 6 nitrogen and oxygen atoms in total. The maximum Gasteiger partial charge on any atom is 0.350 e. The zero-order valence-corrected chi connectivity index (χ0v) is 12.2. The van der Waals surface area contributed by atoms with E-state index in [0.29, 0.717) is 17.8 Å². The fraction of sp³-hybridized carbons (Fsp3) is 0.267. The fourth-order valence-corrected chi connectivity index (χ4v) is 1.56. The highest BCUT2D eigenvalue weighted by Crippen LogP contribution is 2.23. The lowest BCUT2D eigenvalue weighted by Gasteiger charge is -2.12. The number of ether oxygens (including phenoxy) is 1. The molecule has 2 N–H and O–H groups in total. The van der Waals surface area contributed by atoms with Gasteiger partial charge in [-0.3, -0.25) is 4.79 Å². The first-order valence-corrected chi connectivity index (χ1v) is 6.38. The van der Waals surface area contributed by atoms with Crippen molar-refractivity contribution >= 4 is 23.3 Å². The predicted octanol–water partition coefficient (Wildman–Crippen LogP) is 2.34. The van der Waals surface area contributed by atoms with Gasteiger partial charge in [0.2, 0.25) is 5.91 Å². The summed E-state index contributed by atoms with van der Waals surface area (Å²) in [5.74, 6) is -0.795. The Hall–Kier alpha value is -2.81. The monoisotopic (exact) mass is 287 g/mol. The second kappa shape index (κ2) is 7.70. The first-order valence-electron chi connectivity index (χ1n) is 6.38. The number of hydrogen-bond acceptors (Lipinski definition) is 5. The number of nitriles is 1. The molecular formula is C15H17N3O3. The Bertz CT molecular complexity index is 615. The van der Waals surface area contributed by atoms with Crippen molar-refractivity contribution in [2.45, 2.75) is 20.3 Å². The molecule has 0 heterocycles. The molecule has 0 aliphatic carbocycles. The average Bonchev–Trinajstić information content (AvgIpc) is 2.50. The first kappa shape index (κ1) is 16.2. The molecule has 6 heteroatoms. The molecule has 0 aliphatic rings. The molecule has 0 aliphatic heterocycles. The van der Waals surface area contributed by atoms with Crippen LogP contribution < -0.4 is 10.6 Å². The summed E-state index contributed by atoms with van der Waals surface area (Å²) < 4.78 is 4.49. The summed E-state index contributed by atoms with van der Waals surface area (Å²) in [4.78, 5) is 22.7. The van der Waals surface area contributed by atoms with E-state index in [9.17, 15) is 9.59 Å². The zero-order chi connectivity index (χ0) is 15.8. The lowest BCUT2D eigenvalue weighted by molar-refractivity contribution is -0.135. The van der Waals surface area contributed by atoms with Crippen LogP contribution in [-0.4, -0.2) is 19.0 Å². The first-order chi connectivity index (χ1) is 10.0. The summed E-state index contributed by atoms with van der Waals surface area (Å²) in [5, 5.41) is 14.5. The number of esters is 1. The Morgan fingerprint density at radius 2 is 2.05 bits per heavy atom. The molecule has 0 spiro atoms. The highest BCUT2D eigenvalue weighted by Gasteiger charge is 2.09. The molecule has 0 bridgehead atoms. The quantitative estimate of drug-likeness (QED) is 0.492. The van der Waals surface area contributed by atoms with Gasteiger partial charge in [0.1, 0.15) is 6.07 Å². The van der Waals surface area contributed by atoms with Crippen molar-refractivity contribution in [3.8, 4) is 6.07 Å². The summed E-state index contributed by atoms with van der Waals surface area (Å²) in [7, 11) is 1.21. The van der Waals surface area contributed by atoms with Crippen LogP contribution in [-0.2, 0) is 14.3 Å². The number of methoxy groups -OCH3 is 1. The minimum atomic E-state index is -0.710. The number of hydrogen-bond donors (Lipinski definition) is 2. The van der Waals surface area contributed by atoms with Crippen molar-refractivity contribution < 1.29 is 14.3 Å². The van der Waals surface area contributed by atoms with Gasteiger partial charge < -0.3 is 15.4 Å². The van der Waals surface area contributed by atoms with E-state index in [0.717, 1.165) is 5.56 Å². The van der Waals surface area contributed by atoms with E-state index in [1.165, 1.54) is 13.3 Å². The van der Waals surface area contributed by atoms with Crippen LogP contribution in [0.1, 0.15) is 18.9 Å². The van der Waals surface area contributed by atoms with E-state index < -0.39 is 5.97 Å². The summed E-state index contributed by atoms with van der Waals surface area (Å²) in [6, 6.07) is 7.07. The standard InChI is InChI=1S/C15H17N3O3/c1-4-14(19)18-13-7-5-6-12(10(13)2)17-9-11(8-16)15(20)21-3/h5-7,9,17H,4H2,1-3H3,(H,18,19)/b11-9-. The number of nitrogens with one attached hydrogen (secondary N) is 2. The molecule has 1 amide bonds. The van der Waals surface area contributed by atoms with Gasteiger partial charge in [-0.05, 0) is 24.6 Å². The molecular weight excluding hydrogens is 270 g/mol. The highest BCUT2D eigenvalue weighted by molar-refractivity contribution is 5.94. The molecule has 21 heavy (non-hydrogen) atoms. The second-order valence-electron chi connectivity index (χ2n) is 4.19. The van der Waals surface area contributed by atoms with Crippen molar-refractivity contribution in [2.24, 2.45) is 0 Å². The van der Waals surface area contributed by atoms with Crippen LogP contribution in [0.15, 0.2) is 30.0 Å². The number of nitrogens with zero attached hydrogens (tertiary/aromatic N) is 1. The average molecular weight is 287 g/mol. The maximum atomic E-state index is 11.4. The minimum absolute atomic E-state index is 0.0851. The third kappa shape index (κ3) is 4.35. The summed E-state index contributed by atoms with van der Waals surface area (Å²) >= 11 is 0. The Morgan fingerprint density at radius 1 is 1.38 bits per heavy atom. The van der Waals surface area contributed by atoms with Crippen LogP contribution in [0.2, 0.25) is 0 Å². The van der Waals surface area contributed by atoms with E-state index in [2.05, 4.69) is 15.4 Å². The van der Waals surface area contributed by atoms with Crippen LogP contribution in [0.5, 0.6) is 0 Å². The second-order valence-corrected chi connectivity index (χ2v) is 4.19. The summed E-state index contributed by atoms with van der Waals surface area (Å²) in [6.07, 6.45) is 1.66. The van der Waals surface area contributed by atoms with Crippen LogP contribution in [0.25, 0.3) is 0 Å². The largest absolute Gasteiger partial charge is 0.465 e. The molecule has 110 valence electrons. The summed E-state index contributed by atoms with van der Waals surface area (Å²) in [5.41, 5.74) is 2.02. The Kier molecular flexibility index (Phi) is 5.96. The van der Waals surface area contributed by atoms with Gasteiger partial charge in [0.15, 0.2) is 5.57 Å². The molecule has 0 fully saturated rings. The molecule has 0 unspecified atom stereocenters. The van der Waals surface area contributed by atoms with Gasteiger partial charge in [0.05, 0.1) is 7.11 Å². The lowest BCUT2D eigenvalue weighted by atomic mass is 10.1. The molecule has 0 aromatic heterocycles. The molecule has 0 saturated heterocycles. The normalized spacial score (nSPS) is 10.5. The molecule has 1 aromatic rings. The van der Waals surface area contributed by atoms with Crippen LogP contribution in [0.3, 0.4) is 0 Å². The smallest absolute Gasteiger partial charge is 0.350 e. The van der Waals surface area contributed by atoms with Crippen molar-refractivity contribution in [1.82, 2.24) is 0 Å². The van der Waals surface area contributed by atoms with Gasteiger partial charge in [0.25, 0.3) is 0 Å². The minimum Gasteiger partial charge on any atom is -0.465 e. The van der Waals surface area contributed by atoms with Crippen molar-refractivity contribution in [3.63, 3.8) is 0 Å². The predicted molar refractivity (Wildman–Crippen MR) is 79.4 cm³/mol. The lowest BCUT2D eigenvalue weighted by Crippen LogP contribution is -2.11. The Labute approximate surface area is 123 Å². The Balaban J connectivity index is 2.97. The van der Waals surface area contributed by atoms with E-state index in [-0.39, 0.29) is 11.5 Å². The number of carbonyl (C=O) groups is 2. The molecule has 0 atom stereocenters. The van der Waals surface area contributed by atoms with Gasteiger partial charge in [-0.15, -0.1) is 0 Å². The van der Waals surface area contributed by atoms with E-state index >= 15 is 0 Å². The van der Waals surface area contributed by atoms with E-state index in [4.69, 9.17) is 5.26 Å². The van der Waals surface area contributed by atoms with Gasteiger partial charge in [-0.2, -0.15) is 5.26 Å². The number of amides is 1. The van der Waals surface area contributed by atoms with Gasteiger partial charge in [0, 0.05) is 24.0 Å². The number of rotatable bonds is 5. The van der Waals surface area contributed by atoms with Gasteiger partial charge in [-0.25, -0.2) is 4.79 Å². The number of anilines is 2. The van der Waals surface area contributed by atoms with Crippen LogP contribution in [0.4, 0.5) is 11.4 Å². The van der Waals surface area contributed by atoms with Crippen molar-refractivity contribution in [1.29, 1.82) is 5.26 Å². The maximum absolute atomic E-state index is 11.4. The Morgan fingerprint density at radius 3 is 2.62 bits per heavy atom. The SMILES string of the molecule is CCC(=O)Nc1cccc(N/C=C(/C#N)C(=O)OC)c1C. The van der Waals surface area contributed by atoms with Gasteiger partial charge >= 0.3 is 5.97 Å².